The van der Waals surface area contributed by atoms with Gasteiger partial charge in [0.2, 0.25) is 0 Å². The lowest BCUT2D eigenvalue weighted by molar-refractivity contribution is -0.385. The lowest BCUT2D eigenvalue weighted by Crippen LogP contribution is -2.35. The normalized spacial score (nSPS) is 22.2. The number of nitrogens with zero attached hydrogens (tertiary/aromatic N) is 1. The van der Waals surface area contributed by atoms with Gasteiger partial charge in [-0.1, -0.05) is 12.1 Å². The predicted molar refractivity (Wildman–Crippen MR) is 71.9 cm³/mol. The number of para-hydroxylation sites is 1. The first-order valence-electron chi connectivity index (χ1n) is 5.91. The second-order valence-electron chi connectivity index (χ2n) is 4.00. The molecule has 0 bridgehead atoms. The average molecular weight is 282 g/mol. The quantitative estimate of drug-likeness (QED) is 0.515. The van der Waals surface area contributed by atoms with Crippen LogP contribution in [-0.4, -0.2) is 29.3 Å². The lowest BCUT2D eigenvalue weighted by atomic mass is 10.1. The third-order valence-corrected chi connectivity index (χ3v) is 4.02. The molecular weight excluding hydrogens is 268 g/mol. The number of hydrogen-bond donors (Lipinski definition) is 1. The fourth-order valence-corrected chi connectivity index (χ4v) is 3.16. The van der Waals surface area contributed by atoms with Gasteiger partial charge in [0.1, 0.15) is 6.04 Å². The van der Waals surface area contributed by atoms with Crippen LogP contribution in [0.3, 0.4) is 0 Å². The molecule has 1 aliphatic rings. The third-order valence-electron chi connectivity index (χ3n) is 2.77. The van der Waals surface area contributed by atoms with Crippen molar-refractivity contribution in [1.29, 1.82) is 0 Å². The molecule has 1 N–H and O–H groups in total. The first kappa shape index (κ1) is 13.8. The highest BCUT2D eigenvalue weighted by molar-refractivity contribution is 7.99. The molecule has 0 spiro atoms. The molecule has 1 heterocycles. The number of thioether (sulfide) groups is 1. The number of rotatable bonds is 4. The van der Waals surface area contributed by atoms with E-state index < -0.39 is 11.0 Å². The van der Waals surface area contributed by atoms with Crippen LogP contribution in [0.5, 0.6) is 0 Å². The second kappa shape index (κ2) is 6.03. The minimum atomic E-state index is -0.408. The van der Waals surface area contributed by atoms with Gasteiger partial charge in [0.15, 0.2) is 0 Å². The van der Waals surface area contributed by atoms with E-state index in [2.05, 4.69) is 5.32 Å². The van der Waals surface area contributed by atoms with Gasteiger partial charge in [-0.05, 0) is 13.0 Å². The van der Waals surface area contributed by atoms with Gasteiger partial charge in [-0.25, -0.2) is 0 Å². The topological polar surface area (TPSA) is 81.5 Å². The molecule has 2 rings (SSSR count). The summed E-state index contributed by atoms with van der Waals surface area (Å²) in [6.07, 6.45) is 0. The Balaban J connectivity index is 2.13. The summed E-state index contributed by atoms with van der Waals surface area (Å²) < 4.78 is 4.94. The fourth-order valence-electron chi connectivity index (χ4n) is 1.91. The number of carbonyl (C=O) groups is 1. The van der Waals surface area contributed by atoms with Crippen molar-refractivity contribution < 1.29 is 14.5 Å². The van der Waals surface area contributed by atoms with E-state index in [1.165, 1.54) is 17.8 Å². The molecule has 102 valence electrons. The monoisotopic (exact) mass is 282 g/mol. The average Bonchev–Trinajstić information content (AvgIpc) is 2.88. The Bertz CT molecular complexity index is 494. The molecule has 1 aromatic carbocycles. The Morgan fingerprint density at radius 2 is 2.32 bits per heavy atom. The van der Waals surface area contributed by atoms with Crippen LogP contribution in [0.2, 0.25) is 0 Å². The number of nitro benzene ring substituents is 1. The molecule has 19 heavy (non-hydrogen) atoms. The van der Waals surface area contributed by atoms with Gasteiger partial charge >= 0.3 is 5.97 Å². The van der Waals surface area contributed by atoms with Crippen molar-refractivity contribution >= 4 is 23.4 Å². The molecule has 0 unspecified atom stereocenters. The summed E-state index contributed by atoms with van der Waals surface area (Å²) in [7, 11) is 0. The number of ether oxygens (including phenoxy) is 1. The molecule has 2 atom stereocenters. The molecule has 1 aliphatic heterocycles. The molecule has 1 aromatic rings. The van der Waals surface area contributed by atoms with E-state index in [9.17, 15) is 14.9 Å². The van der Waals surface area contributed by atoms with Gasteiger partial charge in [-0.3, -0.25) is 20.2 Å². The second-order valence-corrected chi connectivity index (χ2v) is 5.14. The molecule has 6 nitrogen and oxygen atoms in total. The molecule has 0 aliphatic carbocycles. The Hall–Kier alpha value is -1.60. The van der Waals surface area contributed by atoms with Crippen molar-refractivity contribution in [3.63, 3.8) is 0 Å². The first-order valence-corrected chi connectivity index (χ1v) is 6.96. The fraction of sp³-hybridized carbons (Fsp3) is 0.417. The van der Waals surface area contributed by atoms with Gasteiger partial charge in [0, 0.05) is 11.8 Å². The van der Waals surface area contributed by atoms with Crippen LogP contribution in [-0.2, 0) is 9.53 Å². The largest absolute Gasteiger partial charge is 0.465 e. The minimum Gasteiger partial charge on any atom is -0.465 e. The van der Waals surface area contributed by atoms with E-state index in [4.69, 9.17) is 4.74 Å². The highest BCUT2D eigenvalue weighted by Crippen LogP contribution is 2.37. The van der Waals surface area contributed by atoms with E-state index in [-0.39, 0.29) is 17.0 Å². The van der Waals surface area contributed by atoms with Crippen LogP contribution in [0, 0.1) is 10.1 Å². The summed E-state index contributed by atoms with van der Waals surface area (Å²) in [5, 5.41) is 13.8. The standard InChI is InChI=1S/C12H14N2O4S/c1-2-18-12(15)9-7-19-11(13-9)8-5-3-4-6-10(8)14(16)17/h3-6,9,11,13H,2,7H2,1H3/t9-,11-/m1/s1. The summed E-state index contributed by atoms with van der Waals surface area (Å²) in [4.78, 5) is 22.2. The third kappa shape index (κ3) is 3.05. The number of nitro groups is 1. The van der Waals surface area contributed by atoms with Gasteiger partial charge in [0.05, 0.1) is 22.5 Å². The minimum absolute atomic E-state index is 0.0667. The van der Waals surface area contributed by atoms with Gasteiger partial charge in [-0.15, -0.1) is 11.8 Å². The maximum absolute atomic E-state index is 11.6. The van der Waals surface area contributed by atoms with E-state index in [0.717, 1.165) is 0 Å². The van der Waals surface area contributed by atoms with Crippen LogP contribution >= 0.6 is 11.8 Å². The van der Waals surface area contributed by atoms with Crippen LogP contribution in [0.25, 0.3) is 0 Å². The Labute approximate surface area is 114 Å². The summed E-state index contributed by atoms with van der Waals surface area (Å²) in [5.41, 5.74) is 0.654. The molecule has 0 amide bonds. The highest BCUT2D eigenvalue weighted by atomic mass is 32.2. The van der Waals surface area contributed by atoms with Crippen molar-refractivity contribution in [2.24, 2.45) is 0 Å². The number of benzene rings is 1. The molecular formula is C12H14N2O4S. The van der Waals surface area contributed by atoms with Crippen molar-refractivity contribution in [2.75, 3.05) is 12.4 Å². The zero-order valence-corrected chi connectivity index (χ0v) is 11.2. The molecule has 1 saturated heterocycles. The van der Waals surface area contributed by atoms with Crippen LogP contribution in [0.1, 0.15) is 17.9 Å². The molecule has 1 fully saturated rings. The summed E-state index contributed by atoms with van der Waals surface area (Å²) in [6.45, 7) is 2.08. The zero-order chi connectivity index (χ0) is 13.8. The van der Waals surface area contributed by atoms with Crippen molar-refractivity contribution in [3.05, 3.63) is 39.9 Å². The van der Waals surface area contributed by atoms with Crippen molar-refractivity contribution in [2.45, 2.75) is 18.3 Å². The number of esters is 1. The molecule has 0 saturated carbocycles. The molecule has 7 heteroatoms. The predicted octanol–water partition coefficient (Wildman–Crippen LogP) is 1.86. The number of hydrogen-bond acceptors (Lipinski definition) is 6. The highest BCUT2D eigenvalue weighted by Gasteiger charge is 2.34. The van der Waals surface area contributed by atoms with E-state index in [1.807, 2.05) is 0 Å². The van der Waals surface area contributed by atoms with Crippen LogP contribution in [0.15, 0.2) is 24.3 Å². The van der Waals surface area contributed by atoms with E-state index in [1.54, 1.807) is 25.1 Å². The van der Waals surface area contributed by atoms with E-state index in [0.29, 0.717) is 17.9 Å². The molecule has 0 radical (unpaired) electrons. The summed E-state index contributed by atoms with van der Waals surface area (Å²) >= 11 is 1.47. The van der Waals surface area contributed by atoms with Crippen LogP contribution < -0.4 is 5.32 Å². The summed E-state index contributed by atoms with van der Waals surface area (Å²) in [5.74, 6) is 0.242. The number of nitrogens with one attached hydrogen (secondary N) is 1. The first-order chi connectivity index (χ1) is 9.13. The SMILES string of the molecule is CCOC(=O)[C@H]1CS[C@H](c2ccccc2[N+](=O)[O-])N1. The Morgan fingerprint density at radius 1 is 1.58 bits per heavy atom. The zero-order valence-electron chi connectivity index (χ0n) is 10.4. The molecule has 0 aromatic heterocycles. The lowest BCUT2D eigenvalue weighted by Gasteiger charge is -2.12. The van der Waals surface area contributed by atoms with Gasteiger partial charge in [0.25, 0.3) is 5.69 Å². The smallest absolute Gasteiger partial charge is 0.324 e. The van der Waals surface area contributed by atoms with Crippen molar-refractivity contribution in [3.8, 4) is 0 Å². The summed E-state index contributed by atoms with van der Waals surface area (Å²) in [6, 6.07) is 6.15. The maximum Gasteiger partial charge on any atom is 0.324 e. The maximum atomic E-state index is 11.6. The Kier molecular flexibility index (Phi) is 4.39. The van der Waals surface area contributed by atoms with Crippen molar-refractivity contribution in [1.82, 2.24) is 5.32 Å². The van der Waals surface area contributed by atoms with Gasteiger partial charge < -0.3 is 4.74 Å². The number of carbonyl (C=O) groups excluding carboxylic acids is 1. The van der Waals surface area contributed by atoms with Gasteiger partial charge in [-0.2, -0.15) is 0 Å². The van der Waals surface area contributed by atoms with Crippen LogP contribution in [0.4, 0.5) is 5.69 Å². The Morgan fingerprint density at radius 3 is 3.00 bits per heavy atom. The van der Waals surface area contributed by atoms with E-state index >= 15 is 0 Å².